The summed E-state index contributed by atoms with van der Waals surface area (Å²) in [6, 6.07) is 1.99. The molecule has 18 heavy (non-hydrogen) atoms. The molecule has 0 saturated heterocycles. The molecule has 3 N–H and O–H groups in total. The molecule has 0 radical (unpaired) electrons. The molecule has 0 amide bonds. The Morgan fingerprint density at radius 1 is 1.28 bits per heavy atom. The lowest BCUT2D eigenvalue weighted by Gasteiger charge is -2.33. The monoisotopic (exact) mass is 248 g/mol. The van der Waals surface area contributed by atoms with Gasteiger partial charge < -0.3 is 11.1 Å². The number of rotatable bonds is 4. The van der Waals surface area contributed by atoms with Gasteiger partial charge in [0.2, 0.25) is 0 Å². The zero-order valence-corrected chi connectivity index (χ0v) is 11.5. The van der Waals surface area contributed by atoms with E-state index in [1.807, 2.05) is 13.0 Å². The third-order valence-electron chi connectivity index (χ3n) is 3.69. The van der Waals surface area contributed by atoms with Crippen LogP contribution in [0.2, 0.25) is 0 Å². The highest BCUT2D eigenvalue weighted by Crippen LogP contribution is 2.26. The Morgan fingerprint density at radius 3 is 2.67 bits per heavy atom. The first kappa shape index (κ1) is 13.3. The van der Waals surface area contributed by atoms with Crippen LogP contribution in [0.5, 0.6) is 0 Å². The van der Waals surface area contributed by atoms with E-state index in [0.717, 1.165) is 43.1 Å². The second-order valence-corrected chi connectivity index (χ2v) is 5.44. The van der Waals surface area contributed by atoms with Gasteiger partial charge in [-0.1, -0.05) is 26.2 Å². The van der Waals surface area contributed by atoms with Crippen molar-refractivity contribution in [3.05, 3.63) is 17.6 Å². The molecule has 2 rings (SSSR count). The van der Waals surface area contributed by atoms with Crippen molar-refractivity contribution in [2.24, 2.45) is 5.73 Å². The van der Waals surface area contributed by atoms with Gasteiger partial charge in [-0.05, 0) is 19.8 Å². The SMILES string of the molecule is CCc1nc(C)cc(NCC2(N)CCCCC2)n1. The molecule has 1 aliphatic carbocycles. The van der Waals surface area contributed by atoms with Crippen molar-refractivity contribution in [2.45, 2.75) is 57.9 Å². The van der Waals surface area contributed by atoms with Gasteiger partial charge in [-0.2, -0.15) is 0 Å². The van der Waals surface area contributed by atoms with Crippen molar-refractivity contribution in [1.29, 1.82) is 0 Å². The van der Waals surface area contributed by atoms with Crippen LogP contribution in [0.1, 0.15) is 50.5 Å². The number of aromatic nitrogens is 2. The molecule has 0 spiro atoms. The second-order valence-electron chi connectivity index (χ2n) is 5.44. The minimum Gasteiger partial charge on any atom is -0.368 e. The normalized spacial score (nSPS) is 18.6. The number of hydrogen-bond acceptors (Lipinski definition) is 4. The smallest absolute Gasteiger partial charge is 0.130 e. The highest BCUT2D eigenvalue weighted by Gasteiger charge is 2.27. The van der Waals surface area contributed by atoms with Gasteiger partial charge in [0.15, 0.2) is 0 Å². The van der Waals surface area contributed by atoms with E-state index < -0.39 is 0 Å². The standard InChI is InChI=1S/C14H24N4/c1-3-12-17-11(2)9-13(18-12)16-10-14(15)7-5-4-6-8-14/h9H,3-8,10,15H2,1-2H3,(H,16,17,18). The van der Waals surface area contributed by atoms with E-state index in [1.165, 1.54) is 19.3 Å². The summed E-state index contributed by atoms with van der Waals surface area (Å²) in [6.07, 6.45) is 6.92. The largest absolute Gasteiger partial charge is 0.368 e. The van der Waals surface area contributed by atoms with Crippen molar-refractivity contribution >= 4 is 5.82 Å². The zero-order chi connectivity index (χ0) is 13.0. The predicted octanol–water partition coefficient (Wildman–Crippen LogP) is 2.42. The lowest BCUT2D eigenvalue weighted by atomic mass is 9.82. The van der Waals surface area contributed by atoms with E-state index in [9.17, 15) is 0 Å². The molecule has 0 bridgehead atoms. The summed E-state index contributed by atoms with van der Waals surface area (Å²) in [6.45, 7) is 4.89. The van der Waals surface area contributed by atoms with Gasteiger partial charge in [0, 0.05) is 30.3 Å². The fourth-order valence-corrected chi connectivity index (χ4v) is 2.58. The Kier molecular flexibility index (Phi) is 4.17. The molecule has 1 saturated carbocycles. The first-order valence-corrected chi connectivity index (χ1v) is 6.99. The van der Waals surface area contributed by atoms with E-state index in [2.05, 4.69) is 22.2 Å². The fourth-order valence-electron chi connectivity index (χ4n) is 2.58. The molecular formula is C14H24N4. The summed E-state index contributed by atoms with van der Waals surface area (Å²) in [5.74, 6) is 1.81. The molecule has 4 heteroatoms. The summed E-state index contributed by atoms with van der Waals surface area (Å²) in [7, 11) is 0. The van der Waals surface area contributed by atoms with Crippen molar-refractivity contribution < 1.29 is 0 Å². The average molecular weight is 248 g/mol. The summed E-state index contributed by atoms with van der Waals surface area (Å²) in [4.78, 5) is 8.87. The van der Waals surface area contributed by atoms with Crippen molar-refractivity contribution in [1.82, 2.24) is 9.97 Å². The first-order chi connectivity index (χ1) is 8.61. The highest BCUT2D eigenvalue weighted by atomic mass is 15.0. The number of nitrogens with zero attached hydrogens (tertiary/aromatic N) is 2. The van der Waals surface area contributed by atoms with Gasteiger partial charge in [-0.25, -0.2) is 9.97 Å². The number of aryl methyl sites for hydroxylation is 2. The predicted molar refractivity (Wildman–Crippen MR) is 74.6 cm³/mol. The maximum absolute atomic E-state index is 6.41. The molecule has 0 unspecified atom stereocenters. The average Bonchev–Trinajstić information content (AvgIpc) is 2.37. The van der Waals surface area contributed by atoms with Crippen LogP contribution in [0.4, 0.5) is 5.82 Å². The molecule has 1 heterocycles. The molecule has 1 fully saturated rings. The minimum atomic E-state index is -0.0521. The van der Waals surface area contributed by atoms with Gasteiger partial charge in [0.1, 0.15) is 11.6 Å². The Balaban J connectivity index is 1.98. The van der Waals surface area contributed by atoms with Gasteiger partial charge in [-0.3, -0.25) is 0 Å². The van der Waals surface area contributed by atoms with Crippen LogP contribution in [-0.4, -0.2) is 22.1 Å². The highest BCUT2D eigenvalue weighted by molar-refractivity contribution is 5.36. The third-order valence-corrected chi connectivity index (χ3v) is 3.69. The van der Waals surface area contributed by atoms with Crippen molar-refractivity contribution in [3.63, 3.8) is 0 Å². The topological polar surface area (TPSA) is 63.8 Å². The Morgan fingerprint density at radius 2 is 2.00 bits per heavy atom. The number of hydrogen-bond donors (Lipinski definition) is 2. The van der Waals surface area contributed by atoms with Crippen LogP contribution in [-0.2, 0) is 6.42 Å². The van der Waals surface area contributed by atoms with Crippen LogP contribution < -0.4 is 11.1 Å². The molecule has 4 nitrogen and oxygen atoms in total. The van der Waals surface area contributed by atoms with Crippen molar-refractivity contribution in [3.8, 4) is 0 Å². The van der Waals surface area contributed by atoms with E-state index in [4.69, 9.17) is 5.73 Å². The van der Waals surface area contributed by atoms with Gasteiger partial charge in [-0.15, -0.1) is 0 Å². The molecule has 100 valence electrons. The quantitative estimate of drug-likeness (QED) is 0.859. The van der Waals surface area contributed by atoms with Gasteiger partial charge in [0.25, 0.3) is 0 Å². The minimum absolute atomic E-state index is 0.0521. The summed E-state index contributed by atoms with van der Waals surface area (Å²) >= 11 is 0. The van der Waals surface area contributed by atoms with Crippen LogP contribution in [0.25, 0.3) is 0 Å². The van der Waals surface area contributed by atoms with Crippen LogP contribution in [0.15, 0.2) is 6.07 Å². The molecule has 1 aromatic rings. The lowest BCUT2D eigenvalue weighted by molar-refractivity contribution is 0.311. The molecule has 1 aromatic heterocycles. The molecule has 1 aliphatic rings. The van der Waals surface area contributed by atoms with Gasteiger partial charge in [0.05, 0.1) is 0 Å². The number of anilines is 1. The van der Waals surface area contributed by atoms with Gasteiger partial charge >= 0.3 is 0 Å². The molecular weight excluding hydrogens is 224 g/mol. The van der Waals surface area contributed by atoms with Crippen LogP contribution >= 0.6 is 0 Å². The van der Waals surface area contributed by atoms with Crippen LogP contribution in [0, 0.1) is 6.92 Å². The Hall–Kier alpha value is -1.16. The first-order valence-electron chi connectivity index (χ1n) is 6.99. The maximum Gasteiger partial charge on any atom is 0.130 e. The van der Waals surface area contributed by atoms with E-state index >= 15 is 0 Å². The van der Waals surface area contributed by atoms with Crippen molar-refractivity contribution in [2.75, 3.05) is 11.9 Å². The number of nitrogens with two attached hydrogens (primary N) is 1. The van der Waals surface area contributed by atoms with E-state index in [-0.39, 0.29) is 5.54 Å². The Labute approximate surface area is 109 Å². The Bertz CT molecular complexity index is 397. The lowest BCUT2D eigenvalue weighted by Crippen LogP contribution is -2.47. The molecule has 0 aliphatic heterocycles. The second kappa shape index (κ2) is 5.65. The fraction of sp³-hybridized carbons (Fsp3) is 0.714. The van der Waals surface area contributed by atoms with E-state index in [1.54, 1.807) is 0 Å². The molecule has 0 atom stereocenters. The third kappa shape index (κ3) is 3.42. The molecule has 0 aromatic carbocycles. The van der Waals surface area contributed by atoms with E-state index in [0.29, 0.717) is 0 Å². The maximum atomic E-state index is 6.41. The number of nitrogens with one attached hydrogen (secondary N) is 1. The zero-order valence-electron chi connectivity index (χ0n) is 11.5. The summed E-state index contributed by atoms with van der Waals surface area (Å²) in [5, 5.41) is 3.39. The van der Waals surface area contributed by atoms with Crippen LogP contribution in [0.3, 0.4) is 0 Å². The summed E-state index contributed by atoms with van der Waals surface area (Å²) < 4.78 is 0. The summed E-state index contributed by atoms with van der Waals surface area (Å²) in [5.41, 5.74) is 7.37.